The molecule has 4 N–H and O–H groups in total. The molecule has 0 aliphatic rings. The van der Waals surface area contributed by atoms with Crippen LogP contribution < -0.4 is 11.5 Å². The summed E-state index contributed by atoms with van der Waals surface area (Å²) in [6, 6.07) is 10.2. The summed E-state index contributed by atoms with van der Waals surface area (Å²) in [5.74, 6) is 0. The van der Waals surface area contributed by atoms with Gasteiger partial charge in [-0.2, -0.15) is 0 Å². The fourth-order valence-corrected chi connectivity index (χ4v) is 2.36. The van der Waals surface area contributed by atoms with Gasteiger partial charge in [0.15, 0.2) is 0 Å². The second-order valence-corrected chi connectivity index (χ2v) is 4.95. The first kappa shape index (κ1) is 12.5. The Labute approximate surface area is 109 Å². The average molecular weight is 240 g/mol. The Morgan fingerprint density at radius 1 is 0.889 bits per heavy atom. The van der Waals surface area contributed by atoms with Crippen LogP contribution in [0.1, 0.15) is 27.8 Å². The number of nitrogen functional groups attached to an aromatic ring is 2. The van der Waals surface area contributed by atoms with Gasteiger partial charge in [-0.15, -0.1) is 0 Å². The maximum absolute atomic E-state index is 6.11. The Kier molecular flexibility index (Phi) is 3.28. The lowest BCUT2D eigenvalue weighted by atomic mass is 9.93. The second-order valence-electron chi connectivity index (χ2n) is 4.95. The molecule has 2 nitrogen and oxygen atoms in total. The highest BCUT2D eigenvalue weighted by atomic mass is 14.6. The molecule has 2 heteroatoms. The normalized spacial score (nSPS) is 10.6. The zero-order chi connectivity index (χ0) is 13.3. The van der Waals surface area contributed by atoms with Crippen molar-refractivity contribution in [2.24, 2.45) is 0 Å². The minimum atomic E-state index is 0.801. The Hall–Kier alpha value is -1.96. The number of rotatable bonds is 2. The van der Waals surface area contributed by atoms with Crippen LogP contribution in [0.4, 0.5) is 11.4 Å². The summed E-state index contributed by atoms with van der Waals surface area (Å²) in [7, 11) is 0. The van der Waals surface area contributed by atoms with Crippen molar-refractivity contribution in [2.75, 3.05) is 11.5 Å². The summed E-state index contributed by atoms with van der Waals surface area (Å²) in [6.45, 7) is 6.30. The summed E-state index contributed by atoms with van der Waals surface area (Å²) in [5.41, 5.74) is 19.8. The number of hydrogen-bond donors (Lipinski definition) is 2. The van der Waals surface area contributed by atoms with E-state index in [9.17, 15) is 0 Å². The summed E-state index contributed by atoms with van der Waals surface area (Å²) in [6.07, 6.45) is 0.905. The molecule has 0 atom stereocenters. The maximum atomic E-state index is 6.11. The van der Waals surface area contributed by atoms with Crippen LogP contribution in [0.2, 0.25) is 0 Å². The van der Waals surface area contributed by atoms with Crippen molar-refractivity contribution in [3.8, 4) is 0 Å². The molecule has 0 radical (unpaired) electrons. The van der Waals surface area contributed by atoms with Crippen LogP contribution in [0.25, 0.3) is 0 Å². The van der Waals surface area contributed by atoms with Crippen LogP contribution in [0.15, 0.2) is 30.3 Å². The van der Waals surface area contributed by atoms with Crippen molar-refractivity contribution >= 4 is 11.4 Å². The van der Waals surface area contributed by atoms with Gasteiger partial charge in [-0.3, -0.25) is 0 Å². The van der Waals surface area contributed by atoms with Gasteiger partial charge in [0.05, 0.1) is 0 Å². The Morgan fingerprint density at radius 3 is 2.11 bits per heavy atom. The molecule has 2 rings (SSSR count). The topological polar surface area (TPSA) is 52.0 Å². The zero-order valence-electron chi connectivity index (χ0n) is 11.2. The summed E-state index contributed by atoms with van der Waals surface area (Å²) in [5, 5.41) is 0. The third-order valence-corrected chi connectivity index (χ3v) is 3.55. The van der Waals surface area contributed by atoms with E-state index in [1.54, 1.807) is 0 Å². The van der Waals surface area contributed by atoms with E-state index in [1.807, 2.05) is 12.1 Å². The van der Waals surface area contributed by atoms with Gasteiger partial charge >= 0.3 is 0 Å². The minimum Gasteiger partial charge on any atom is -0.399 e. The first-order valence-electron chi connectivity index (χ1n) is 6.18. The fraction of sp³-hybridized carbons (Fsp3) is 0.250. The van der Waals surface area contributed by atoms with Gasteiger partial charge in [0.25, 0.3) is 0 Å². The molecule has 0 bridgehead atoms. The van der Waals surface area contributed by atoms with Gasteiger partial charge in [0.1, 0.15) is 0 Å². The van der Waals surface area contributed by atoms with Crippen LogP contribution in [-0.2, 0) is 6.42 Å². The highest BCUT2D eigenvalue weighted by Gasteiger charge is 2.09. The lowest BCUT2D eigenvalue weighted by molar-refractivity contribution is 1.12. The predicted molar refractivity (Wildman–Crippen MR) is 78.7 cm³/mol. The number of anilines is 2. The van der Waals surface area contributed by atoms with Gasteiger partial charge < -0.3 is 11.5 Å². The van der Waals surface area contributed by atoms with Gasteiger partial charge in [0, 0.05) is 11.4 Å². The third-order valence-electron chi connectivity index (χ3n) is 3.55. The van der Waals surface area contributed by atoms with Gasteiger partial charge in [-0.25, -0.2) is 0 Å². The lowest BCUT2D eigenvalue weighted by Crippen LogP contribution is -2.02. The first-order chi connectivity index (χ1) is 8.49. The van der Waals surface area contributed by atoms with E-state index in [0.29, 0.717) is 0 Å². The fourth-order valence-electron chi connectivity index (χ4n) is 2.36. The van der Waals surface area contributed by atoms with Crippen molar-refractivity contribution in [3.63, 3.8) is 0 Å². The molecule has 2 aromatic rings. The molecule has 0 saturated carbocycles. The van der Waals surface area contributed by atoms with E-state index in [1.165, 1.54) is 22.3 Å². The van der Waals surface area contributed by atoms with Crippen LogP contribution >= 0.6 is 0 Å². The molecule has 0 amide bonds. The van der Waals surface area contributed by atoms with E-state index in [4.69, 9.17) is 11.5 Å². The Balaban J connectivity index is 2.40. The van der Waals surface area contributed by atoms with Crippen molar-refractivity contribution < 1.29 is 0 Å². The highest BCUT2D eigenvalue weighted by Crippen LogP contribution is 2.26. The third kappa shape index (κ3) is 2.33. The number of benzene rings is 2. The molecule has 0 saturated heterocycles. The molecule has 94 valence electrons. The van der Waals surface area contributed by atoms with Crippen molar-refractivity contribution in [3.05, 3.63) is 58.1 Å². The average Bonchev–Trinajstić information content (AvgIpc) is 2.34. The number of hydrogen-bond acceptors (Lipinski definition) is 2. The molecule has 0 aliphatic heterocycles. The zero-order valence-corrected chi connectivity index (χ0v) is 11.2. The lowest BCUT2D eigenvalue weighted by Gasteiger charge is -2.15. The molecule has 18 heavy (non-hydrogen) atoms. The van der Waals surface area contributed by atoms with Crippen LogP contribution in [0.5, 0.6) is 0 Å². The Bertz CT molecular complexity index is 569. The van der Waals surface area contributed by atoms with E-state index >= 15 is 0 Å². The molecular weight excluding hydrogens is 220 g/mol. The van der Waals surface area contributed by atoms with Crippen LogP contribution in [0.3, 0.4) is 0 Å². The van der Waals surface area contributed by atoms with E-state index < -0.39 is 0 Å². The number of aryl methyl sites for hydroxylation is 2. The van der Waals surface area contributed by atoms with Gasteiger partial charge in [-0.1, -0.05) is 18.2 Å². The highest BCUT2D eigenvalue weighted by molar-refractivity contribution is 5.59. The quantitative estimate of drug-likeness (QED) is 0.791. The SMILES string of the molecule is Cc1cc(C)c(Cc2ccc(N)cc2)c(C)c1N. The smallest absolute Gasteiger partial charge is 0.0376 e. The monoisotopic (exact) mass is 240 g/mol. The first-order valence-corrected chi connectivity index (χ1v) is 6.18. The molecule has 0 fully saturated rings. The van der Waals surface area contributed by atoms with Gasteiger partial charge in [-0.05, 0) is 67.1 Å². The molecule has 0 spiro atoms. The standard InChI is InChI=1S/C16H20N2/c1-10-8-11(2)16(18)12(3)15(10)9-13-4-6-14(17)7-5-13/h4-8H,9,17-18H2,1-3H3. The van der Waals surface area contributed by atoms with Crippen LogP contribution in [-0.4, -0.2) is 0 Å². The van der Waals surface area contributed by atoms with E-state index in [2.05, 4.69) is 39.0 Å². The van der Waals surface area contributed by atoms with Gasteiger partial charge in [0.2, 0.25) is 0 Å². The summed E-state index contributed by atoms with van der Waals surface area (Å²) in [4.78, 5) is 0. The molecular formula is C16H20N2. The second kappa shape index (κ2) is 4.73. The number of nitrogens with two attached hydrogens (primary N) is 2. The van der Waals surface area contributed by atoms with Crippen molar-refractivity contribution in [1.29, 1.82) is 0 Å². The van der Waals surface area contributed by atoms with E-state index in [-0.39, 0.29) is 0 Å². The maximum Gasteiger partial charge on any atom is 0.0376 e. The minimum absolute atomic E-state index is 0.801. The van der Waals surface area contributed by atoms with Crippen molar-refractivity contribution in [2.45, 2.75) is 27.2 Å². The summed E-state index contributed by atoms with van der Waals surface area (Å²) < 4.78 is 0. The van der Waals surface area contributed by atoms with Crippen molar-refractivity contribution in [1.82, 2.24) is 0 Å². The predicted octanol–water partition coefficient (Wildman–Crippen LogP) is 3.37. The molecule has 0 aliphatic carbocycles. The largest absolute Gasteiger partial charge is 0.399 e. The summed E-state index contributed by atoms with van der Waals surface area (Å²) >= 11 is 0. The molecule has 0 heterocycles. The van der Waals surface area contributed by atoms with Crippen LogP contribution in [0, 0.1) is 20.8 Å². The molecule has 2 aromatic carbocycles. The van der Waals surface area contributed by atoms with E-state index in [0.717, 1.165) is 23.4 Å². The molecule has 0 aromatic heterocycles. The molecule has 0 unspecified atom stereocenters. The Morgan fingerprint density at radius 2 is 1.50 bits per heavy atom.